The molecular weight excluding hydrogens is 376 g/mol. The molecule has 1 aromatic carbocycles. The molecule has 154 valence electrons. The van der Waals surface area contributed by atoms with E-state index in [4.69, 9.17) is 9.51 Å². The van der Waals surface area contributed by atoms with E-state index in [0.29, 0.717) is 0 Å². The zero-order chi connectivity index (χ0) is 21.1. The minimum absolute atomic E-state index is 0.0161. The van der Waals surface area contributed by atoms with Crippen LogP contribution in [0.15, 0.2) is 59.3 Å². The molecule has 0 saturated carbocycles. The van der Waals surface area contributed by atoms with E-state index in [1.54, 1.807) is 0 Å². The molecular formula is C24H26N4O2. The Balaban J connectivity index is 1.44. The summed E-state index contributed by atoms with van der Waals surface area (Å²) in [7, 11) is 0. The summed E-state index contributed by atoms with van der Waals surface area (Å²) in [5, 5.41) is 8.11. The van der Waals surface area contributed by atoms with Crippen molar-refractivity contribution in [2.75, 3.05) is 0 Å². The summed E-state index contributed by atoms with van der Waals surface area (Å²) in [5.41, 5.74) is 4.58. The van der Waals surface area contributed by atoms with Crippen LogP contribution in [0, 0.1) is 13.8 Å². The topological polar surface area (TPSA) is 73.0 Å². The quantitative estimate of drug-likeness (QED) is 0.496. The molecule has 0 radical (unpaired) electrons. The molecule has 0 aliphatic heterocycles. The van der Waals surface area contributed by atoms with Gasteiger partial charge < -0.3 is 14.4 Å². The van der Waals surface area contributed by atoms with Gasteiger partial charge in [-0.25, -0.2) is 4.98 Å². The van der Waals surface area contributed by atoms with Crippen molar-refractivity contribution in [3.8, 4) is 11.3 Å². The van der Waals surface area contributed by atoms with Crippen LogP contribution < -0.4 is 5.32 Å². The fraction of sp³-hybridized carbons (Fsp3) is 0.292. The molecule has 0 aliphatic carbocycles. The number of pyridine rings is 1. The molecule has 4 rings (SSSR count). The van der Waals surface area contributed by atoms with E-state index in [2.05, 4.69) is 22.6 Å². The summed E-state index contributed by atoms with van der Waals surface area (Å²) in [5.74, 6) is 0.722. The van der Waals surface area contributed by atoms with Gasteiger partial charge in [-0.15, -0.1) is 0 Å². The van der Waals surface area contributed by atoms with Crippen LogP contribution in [0.2, 0.25) is 0 Å². The lowest BCUT2D eigenvalue weighted by Crippen LogP contribution is -2.35. The Morgan fingerprint density at radius 2 is 1.93 bits per heavy atom. The normalized spacial score (nSPS) is 12.2. The van der Waals surface area contributed by atoms with Gasteiger partial charge in [-0.1, -0.05) is 35.5 Å². The second-order valence-electron chi connectivity index (χ2n) is 7.74. The van der Waals surface area contributed by atoms with Gasteiger partial charge in [-0.3, -0.25) is 4.79 Å². The predicted octanol–water partition coefficient (Wildman–Crippen LogP) is 4.45. The Morgan fingerprint density at radius 3 is 2.67 bits per heavy atom. The summed E-state index contributed by atoms with van der Waals surface area (Å²) in [6.07, 6.45) is 3.75. The second kappa shape index (κ2) is 8.53. The van der Waals surface area contributed by atoms with Gasteiger partial charge in [-0.05, 0) is 57.4 Å². The van der Waals surface area contributed by atoms with E-state index in [1.165, 1.54) is 5.56 Å². The lowest BCUT2D eigenvalue weighted by molar-refractivity contribution is -0.122. The fourth-order valence-corrected chi connectivity index (χ4v) is 3.75. The summed E-state index contributed by atoms with van der Waals surface area (Å²) >= 11 is 0. The highest BCUT2D eigenvalue weighted by Gasteiger charge is 2.15. The molecule has 6 nitrogen and oxygen atoms in total. The zero-order valence-electron chi connectivity index (χ0n) is 17.6. The molecule has 0 saturated heterocycles. The van der Waals surface area contributed by atoms with Gasteiger partial charge in [0, 0.05) is 17.6 Å². The Morgan fingerprint density at radius 1 is 1.13 bits per heavy atom. The van der Waals surface area contributed by atoms with Crippen molar-refractivity contribution in [3.05, 3.63) is 71.7 Å². The number of nitrogens with one attached hydrogen (secondary N) is 1. The van der Waals surface area contributed by atoms with Crippen molar-refractivity contribution in [3.63, 3.8) is 0 Å². The molecule has 6 heteroatoms. The number of hydrogen-bond acceptors (Lipinski definition) is 4. The third-order valence-corrected chi connectivity index (χ3v) is 5.33. The number of fused-ring (bicyclic) bond motifs is 1. The number of rotatable bonds is 7. The standard InChI is InChI=1S/C24H26N4O2/c1-16(9-10-19-7-5-4-6-8-19)25-22(29)15-28-14-13-20-11-12-21(26-24(20)28)23-17(2)27-30-18(23)3/h4-8,11-14,16H,9-10,15H2,1-3H3,(H,25,29). The number of benzene rings is 1. The highest BCUT2D eigenvalue weighted by atomic mass is 16.5. The predicted molar refractivity (Wildman–Crippen MR) is 117 cm³/mol. The number of hydrogen-bond donors (Lipinski definition) is 1. The van der Waals surface area contributed by atoms with Gasteiger partial charge in [0.15, 0.2) is 0 Å². The maximum absolute atomic E-state index is 12.6. The van der Waals surface area contributed by atoms with Gasteiger partial charge >= 0.3 is 0 Å². The maximum Gasteiger partial charge on any atom is 0.240 e. The molecule has 1 N–H and O–H groups in total. The van der Waals surface area contributed by atoms with E-state index >= 15 is 0 Å². The van der Waals surface area contributed by atoms with E-state index in [1.807, 2.05) is 67.9 Å². The van der Waals surface area contributed by atoms with Gasteiger partial charge in [0.05, 0.1) is 17.0 Å². The third kappa shape index (κ3) is 4.27. The van der Waals surface area contributed by atoms with Crippen molar-refractivity contribution in [1.82, 2.24) is 20.0 Å². The number of aryl methyl sites for hydroxylation is 3. The van der Waals surface area contributed by atoms with Crippen LogP contribution in [-0.2, 0) is 17.8 Å². The van der Waals surface area contributed by atoms with E-state index in [0.717, 1.165) is 46.6 Å². The second-order valence-corrected chi connectivity index (χ2v) is 7.74. The molecule has 3 aromatic heterocycles. The average molecular weight is 402 g/mol. The summed E-state index contributed by atoms with van der Waals surface area (Å²) in [6.45, 7) is 6.06. The monoisotopic (exact) mass is 402 g/mol. The van der Waals surface area contributed by atoms with Crippen LogP contribution in [0.1, 0.15) is 30.4 Å². The highest BCUT2D eigenvalue weighted by molar-refractivity contribution is 5.83. The zero-order valence-corrected chi connectivity index (χ0v) is 17.6. The van der Waals surface area contributed by atoms with Crippen LogP contribution in [-0.4, -0.2) is 26.7 Å². The van der Waals surface area contributed by atoms with Crippen LogP contribution >= 0.6 is 0 Å². The van der Waals surface area contributed by atoms with E-state index in [-0.39, 0.29) is 18.5 Å². The van der Waals surface area contributed by atoms with Crippen molar-refractivity contribution < 1.29 is 9.32 Å². The van der Waals surface area contributed by atoms with Gasteiger partial charge in [0.1, 0.15) is 18.0 Å². The van der Waals surface area contributed by atoms with Crippen molar-refractivity contribution in [2.24, 2.45) is 0 Å². The average Bonchev–Trinajstić information content (AvgIpc) is 3.29. The Kier molecular flexibility index (Phi) is 5.65. The molecule has 3 heterocycles. The minimum Gasteiger partial charge on any atom is -0.361 e. The number of aromatic nitrogens is 3. The molecule has 30 heavy (non-hydrogen) atoms. The lowest BCUT2D eigenvalue weighted by atomic mass is 10.1. The number of nitrogens with zero attached hydrogens (tertiary/aromatic N) is 3. The molecule has 1 unspecified atom stereocenters. The van der Waals surface area contributed by atoms with Crippen molar-refractivity contribution >= 4 is 16.9 Å². The number of carbonyl (C=O) groups is 1. The summed E-state index contributed by atoms with van der Waals surface area (Å²) in [6, 6.07) is 16.4. The summed E-state index contributed by atoms with van der Waals surface area (Å²) in [4.78, 5) is 17.4. The molecule has 0 spiro atoms. The Hall–Kier alpha value is -3.41. The van der Waals surface area contributed by atoms with Crippen LogP contribution in [0.25, 0.3) is 22.3 Å². The molecule has 0 aliphatic rings. The largest absolute Gasteiger partial charge is 0.361 e. The van der Waals surface area contributed by atoms with E-state index in [9.17, 15) is 4.79 Å². The Labute approximate surface area is 175 Å². The van der Waals surface area contributed by atoms with Gasteiger partial charge in [0.25, 0.3) is 0 Å². The number of amides is 1. The first-order valence-corrected chi connectivity index (χ1v) is 10.2. The summed E-state index contributed by atoms with van der Waals surface area (Å²) < 4.78 is 7.16. The molecule has 4 aromatic rings. The van der Waals surface area contributed by atoms with Crippen molar-refractivity contribution in [2.45, 2.75) is 46.2 Å². The minimum atomic E-state index is -0.0161. The first-order chi connectivity index (χ1) is 14.5. The maximum atomic E-state index is 12.6. The molecule has 1 amide bonds. The number of carbonyl (C=O) groups excluding carboxylic acids is 1. The van der Waals surface area contributed by atoms with Gasteiger partial charge in [0.2, 0.25) is 5.91 Å². The third-order valence-electron chi connectivity index (χ3n) is 5.33. The lowest BCUT2D eigenvalue weighted by Gasteiger charge is -2.14. The molecule has 0 bridgehead atoms. The SMILES string of the molecule is Cc1noc(C)c1-c1ccc2ccn(CC(=O)NC(C)CCc3ccccc3)c2n1. The van der Waals surface area contributed by atoms with Gasteiger partial charge in [-0.2, -0.15) is 0 Å². The van der Waals surface area contributed by atoms with Crippen LogP contribution in [0.3, 0.4) is 0 Å². The Bertz CT molecular complexity index is 1140. The molecule has 1 atom stereocenters. The molecule has 0 fully saturated rings. The first kappa shape index (κ1) is 19.9. The van der Waals surface area contributed by atoms with Crippen LogP contribution in [0.5, 0.6) is 0 Å². The van der Waals surface area contributed by atoms with E-state index < -0.39 is 0 Å². The smallest absolute Gasteiger partial charge is 0.240 e. The first-order valence-electron chi connectivity index (χ1n) is 10.2. The highest BCUT2D eigenvalue weighted by Crippen LogP contribution is 2.27. The van der Waals surface area contributed by atoms with Crippen molar-refractivity contribution in [1.29, 1.82) is 0 Å². The fourth-order valence-electron chi connectivity index (χ4n) is 3.75. The van der Waals surface area contributed by atoms with Crippen LogP contribution in [0.4, 0.5) is 0 Å².